The van der Waals surface area contributed by atoms with Crippen molar-refractivity contribution in [1.82, 2.24) is 0 Å². The third-order valence-corrected chi connectivity index (χ3v) is 4.87. The number of anilines is 1. The third kappa shape index (κ3) is 6.33. The zero-order valence-electron chi connectivity index (χ0n) is 17.8. The molecule has 0 radical (unpaired) electrons. The molecule has 3 aromatic rings. The Morgan fingerprint density at radius 2 is 1.81 bits per heavy atom. The lowest BCUT2D eigenvalue weighted by Gasteiger charge is -2.14. The molecule has 0 saturated heterocycles. The van der Waals surface area contributed by atoms with Crippen LogP contribution in [0, 0.1) is 13.8 Å². The van der Waals surface area contributed by atoms with Crippen LogP contribution in [0.1, 0.15) is 23.6 Å². The molecule has 5 nitrogen and oxygen atoms in total. The number of carbonyl (C=O) groups is 1. The van der Waals surface area contributed by atoms with Crippen LogP contribution < -0.4 is 14.8 Å². The number of aliphatic imine (C=N–C) groups is 1. The van der Waals surface area contributed by atoms with Crippen molar-refractivity contribution >= 4 is 35.1 Å². The lowest BCUT2D eigenvalue weighted by molar-refractivity contribution is -0.118. The van der Waals surface area contributed by atoms with Gasteiger partial charge in [-0.1, -0.05) is 35.9 Å². The summed E-state index contributed by atoms with van der Waals surface area (Å²) in [7, 11) is 0. The van der Waals surface area contributed by atoms with E-state index in [0.29, 0.717) is 28.8 Å². The van der Waals surface area contributed by atoms with E-state index in [1.807, 2.05) is 43.3 Å². The molecule has 1 amide bonds. The third-order valence-electron chi connectivity index (χ3n) is 4.59. The predicted molar refractivity (Wildman–Crippen MR) is 126 cm³/mol. The molecule has 3 rings (SSSR count). The first-order valence-electron chi connectivity index (χ1n) is 10.0. The number of ether oxygens (including phenoxy) is 2. The van der Waals surface area contributed by atoms with E-state index in [9.17, 15) is 4.79 Å². The number of nitrogens with one attached hydrogen (secondary N) is 1. The zero-order valence-corrected chi connectivity index (χ0v) is 18.6. The molecule has 0 atom stereocenters. The molecule has 0 aliphatic heterocycles. The van der Waals surface area contributed by atoms with Crippen LogP contribution in [0.25, 0.3) is 0 Å². The van der Waals surface area contributed by atoms with Crippen LogP contribution in [0.4, 0.5) is 11.4 Å². The molecule has 0 aliphatic carbocycles. The lowest BCUT2D eigenvalue weighted by Crippen LogP contribution is -2.20. The van der Waals surface area contributed by atoms with E-state index in [1.54, 1.807) is 30.5 Å². The second kappa shape index (κ2) is 10.6. The summed E-state index contributed by atoms with van der Waals surface area (Å²) in [5.41, 5.74) is 4.73. The van der Waals surface area contributed by atoms with Gasteiger partial charge in [-0.3, -0.25) is 9.79 Å². The zero-order chi connectivity index (χ0) is 22.2. The van der Waals surface area contributed by atoms with Gasteiger partial charge in [0.1, 0.15) is 0 Å². The Morgan fingerprint density at radius 1 is 1.03 bits per heavy atom. The van der Waals surface area contributed by atoms with Crippen molar-refractivity contribution in [1.29, 1.82) is 0 Å². The van der Waals surface area contributed by atoms with E-state index in [4.69, 9.17) is 21.1 Å². The van der Waals surface area contributed by atoms with Crippen molar-refractivity contribution in [2.24, 2.45) is 4.99 Å². The van der Waals surface area contributed by atoms with Gasteiger partial charge in [-0.25, -0.2) is 0 Å². The van der Waals surface area contributed by atoms with Crippen LogP contribution in [0.3, 0.4) is 0 Å². The van der Waals surface area contributed by atoms with Gasteiger partial charge in [-0.15, -0.1) is 0 Å². The number of rotatable bonds is 8. The summed E-state index contributed by atoms with van der Waals surface area (Å²) in [6, 6.07) is 18.7. The molecule has 160 valence electrons. The van der Waals surface area contributed by atoms with Crippen LogP contribution in [-0.4, -0.2) is 25.3 Å². The highest BCUT2D eigenvalue weighted by molar-refractivity contribution is 6.32. The number of amides is 1. The van der Waals surface area contributed by atoms with Crippen LogP contribution in [0.15, 0.2) is 65.7 Å². The van der Waals surface area contributed by atoms with Gasteiger partial charge in [0.25, 0.3) is 5.91 Å². The molecule has 0 heterocycles. The van der Waals surface area contributed by atoms with Gasteiger partial charge in [-0.2, -0.15) is 0 Å². The highest BCUT2D eigenvalue weighted by Crippen LogP contribution is 2.36. The van der Waals surface area contributed by atoms with Gasteiger partial charge in [0.15, 0.2) is 18.1 Å². The van der Waals surface area contributed by atoms with Crippen LogP contribution >= 0.6 is 11.6 Å². The molecule has 0 fully saturated rings. The van der Waals surface area contributed by atoms with Gasteiger partial charge in [0.2, 0.25) is 0 Å². The van der Waals surface area contributed by atoms with Crippen molar-refractivity contribution in [2.45, 2.75) is 20.8 Å². The Balaban J connectivity index is 1.74. The molecule has 6 heteroatoms. The van der Waals surface area contributed by atoms with Gasteiger partial charge in [0.05, 0.1) is 17.3 Å². The van der Waals surface area contributed by atoms with Crippen molar-refractivity contribution in [3.8, 4) is 11.5 Å². The maximum Gasteiger partial charge on any atom is 0.262 e. The van der Waals surface area contributed by atoms with E-state index in [1.165, 1.54) is 11.1 Å². The Labute approximate surface area is 187 Å². The fourth-order valence-electron chi connectivity index (χ4n) is 2.88. The fourth-order valence-corrected chi connectivity index (χ4v) is 3.15. The first-order chi connectivity index (χ1) is 15.0. The number of halogens is 1. The van der Waals surface area contributed by atoms with Crippen molar-refractivity contribution in [3.63, 3.8) is 0 Å². The SMILES string of the molecule is CCOc1cc(C=Nc2ccc(C)c(C)c2)cc(Cl)c1OCC(=O)Nc1ccccc1. The van der Waals surface area contributed by atoms with E-state index in [0.717, 1.165) is 11.3 Å². The Kier molecular flexibility index (Phi) is 7.68. The molecule has 31 heavy (non-hydrogen) atoms. The lowest BCUT2D eigenvalue weighted by atomic mass is 10.1. The summed E-state index contributed by atoms with van der Waals surface area (Å²) in [4.78, 5) is 16.7. The van der Waals surface area contributed by atoms with Crippen LogP contribution in [0.5, 0.6) is 11.5 Å². The van der Waals surface area contributed by atoms with Crippen LogP contribution in [0.2, 0.25) is 5.02 Å². The molecule has 0 aliphatic rings. The standard InChI is InChI=1S/C25H25ClN2O3/c1-4-30-23-14-19(15-27-21-11-10-17(2)18(3)12-21)13-22(26)25(23)31-16-24(29)28-20-8-6-5-7-9-20/h5-15H,4,16H2,1-3H3,(H,28,29). The van der Waals surface area contributed by atoms with E-state index in [2.05, 4.69) is 24.2 Å². The largest absolute Gasteiger partial charge is 0.490 e. The maximum atomic E-state index is 12.2. The minimum atomic E-state index is -0.287. The average Bonchev–Trinajstić information content (AvgIpc) is 2.75. The molecule has 0 aromatic heterocycles. The quantitative estimate of drug-likeness (QED) is 0.432. The second-order valence-corrected chi connectivity index (χ2v) is 7.40. The summed E-state index contributed by atoms with van der Waals surface area (Å²) in [6.45, 7) is 6.23. The summed E-state index contributed by atoms with van der Waals surface area (Å²) in [5.74, 6) is 0.504. The smallest absolute Gasteiger partial charge is 0.262 e. The first-order valence-corrected chi connectivity index (χ1v) is 10.4. The number of para-hydroxylation sites is 1. The molecular formula is C25H25ClN2O3. The van der Waals surface area contributed by atoms with Crippen molar-refractivity contribution in [3.05, 3.63) is 82.4 Å². The summed E-state index contributed by atoms with van der Waals surface area (Å²) >= 11 is 6.44. The second-order valence-electron chi connectivity index (χ2n) is 6.99. The Hall–Kier alpha value is -3.31. The molecule has 0 spiro atoms. The summed E-state index contributed by atoms with van der Waals surface area (Å²) < 4.78 is 11.4. The number of carbonyl (C=O) groups excluding carboxylic acids is 1. The van der Waals surface area contributed by atoms with Gasteiger partial charge in [-0.05, 0) is 73.9 Å². The monoisotopic (exact) mass is 436 g/mol. The van der Waals surface area contributed by atoms with Crippen molar-refractivity contribution in [2.75, 3.05) is 18.5 Å². The summed E-state index contributed by atoms with van der Waals surface area (Å²) in [5, 5.41) is 3.12. The maximum absolute atomic E-state index is 12.2. The van der Waals surface area contributed by atoms with E-state index in [-0.39, 0.29) is 12.5 Å². The number of hydrogen-bond acceptors (Lipinski definition) is 4. The normalized spacial score (nSPS) is 10.8. The average molecular weight is 437 g/mol. The summed E-state index contributed by atoms with van der Waals surface area (Å²) in [6.07, 6.45) is 1.73. The van der Waals surface area contributed by atoms with Crippen molar-refractivity contribution < 1.29 is 14.3 Å². The molecule has 3 aromatic carbocycles. The highest BCUT2D eigenvalue weighted by atomic mass is 35.5. The number of aryl methyl sites for hydroxylation is 2. The first kappa shape index (κ1) is 22.4. The molecule has 0 saturated carbocycles. The molecule has 1 N–H and O–H groups in total. The molecular weight excluding hydrogens is 412 g/mol. The number of nitrogens with zero attached hydrogens (tertiary/aromatic N) is 1. The highest BCUT2D eigenvalue weighted by Gasteiger charge is 2.14. The van der Waals surface area contributed by atoms with E-state index >= 15 is 0 Å². The molecule has 0 bridgehead atoms. The van der Waals surface area contributed by atoms with Gasteiger partial charge < -0.3 is 14.8 Å². The fraction of sp³-hybridized carbons (Fsp3) is 0.200. The van der Waals surface area contributed by atoms with Gasteiger partial charge >= 0.3 is 0 Å². The minimum absolute atomic E-state index is 0.190. The predicted octanol–water partition coefficient (Wildman–Crippen LogP) is 6.12. The number of hydrogen-bond donors (Lipinski definition) is 1. The van der Waals surface area contributed by atoms with Crippen LogP contribution in [-0.2, 0) is 4.79 Å². The topological polar surface area (TPSA) is 59.9 Å². The van der Waals surface area contributed by atoms with Gasteiger partial charge in [0, 0.05) is 11.9 Å². The Morgan fingerprint density at radius 3 is 2.52 bits per heavy atom. The number of benzene rings is 3. The minimum Gasteiger partial charge on any atom is -0.490 e. The van der Waals surface area contributed by atoms with E-state index < -0.39 is 0 Å². The molecule has 0 unspecified atom stereocenters. The Bertz CT molecular complexity index is 1080.